The molecule has 2 aromatic carbocycles. The lowest BCUT2D eigenvalue weighted by Crippen LogP contribution is -2.23. The van der Waals surface area contributed by atoms with E-state index in [1.54, 1.807) is 19.3 Å². The van der Waals surface area contributed by atoms with Crippen molar-refractivity contribution in [2.75, 3.05) is 5.32 Å². The summed E-state index contributed by atoms with van der Waals surface area (Å²) in [6.07, 6.45) is 1.60. The van der Waals surface area contributed by atoms with E-state index < -0.39 is 10.2 Å². The van der Waals surface area contributed by atoms with Crippen molar-refractivity contribution < 1.29 is 14.1 Å². The van der Waals surface area contributed by atoms with E-state index in [4.69, 9.17) is 4.42 Å². The first-order valence-corrected chi connectivity index (χ1v) is 10.6. The fraction of sp³-hybridized carbons (Fsp3) is 0.136. The lowest BCUT2D eigenvalue weighted by atomic mass is 10.2. The summed E-state index contributed by atoms with van der Waals surface area (Å²) in [5.41, 5.74) is 1.17. The summed E-state index contributed by atoms with van der Waals surface area (Å²) in [6.45, 7) is 2.15. The summed E-state index contributed by atoms with van der Waals surface area (Å²) in [7, 11) is 0. The third-order valence-corrected chi connectivity index (χ3v) is 5.70. The van der Waals surface area contributed by atoms with Crippen LogP contribution in [-0.4, -0.2) is 30.8 Å². The van der Waals surface area contributed by atoms with Crippen LogP contribution >= 0.6 is 11.8 Å². The van der Waals surface area contributed by atoms with Crippen LogP contribution in [-0.2, 0) is 11.3 Å². The van der Waals surface area contributed by atoms with E-state index in [-0.39, 0.29) is 11.6 Å². The van der Waals surface area contributed by atoms with E-state index in [2.05, 4.69) is 15.5 Å². The second-order valence-corrected chi connectivity index (χ2v) is 8.20. The molecule has 1 atom stereocenters. The van der Waals surface area contributed by atoms with Crippen LogP contribution in [0.4, 0.5) is 11.4 Å². The number of amides is 1. The highest BCUT2D eigenvalue weighted by Crippen LogP contribution is 2.28. The fourth-order valence-electron chi connectivity index (χ4n) is 3.03. The van der Waals surface area contributed by atoms with Crippen molar-refractivity contribution in [3.05, 3.63) is 88.9 Å². The zero-order valence-corrected chi connectivity index (χ0v) is 17.9. The van der Waals surface area contributed by atoms with Gasteiger partial charge < -0.3 is 9.73 Å². The molecule has 0 spiro atoms. The second-order valence-electron chi connectivity index (χ2n) is 6.89. The van der Waals surface area contributed by atoms with Crippen LogP contribution in [0.25, 0.3) is 11.4 Å². The summed E-state index contributed by atoms with van der Waals surface area (Å²) >= 11 is 1.25. The molecule has 10 heteroatoms. The van der Waals surface area contributed by atoms with Gasteiger partial charge >= 0.3 is 0 Å². The molecule has 1 amide bonds. The minimum atomic E-state index is -0.530. The van der Waals surface area contributed by atoms with Gasteiger partial charge in [-0.3, -0.25) is 19.5 Å². The monoisotopic (exact) mass is 449 g/mol. The minimum absolute atomic E-state index is 0.0891. The molecule has 0 radical (unpaired) electrons. The number of carbonyl (C=O) groups excluding carboxylic acids is 1. The first-order chi connectivity index (χ1) is 15.5. The number of aromatic nitrogens is 3. The van der Waals surface area contributed by atoms with E-state index in [1.807, 2.05) is 47.0 Å². The van der Waals surface area contributed by atoms with Crippen LogP contribution in [0.5, 0.6) is 0 Å². The minimum Gasteiger partial charge on any atom is -0.467 e. The molecule has 0 aliphatic rings. The largest absolute Gasteiger partial charge is 0.467 e. The van der Waals surface area contributed by atoms with Crippen LogP contribution < -0.4 is 5.32 Å². The number of nitrogens with zero attached hydrogens (tertiary/aromatic N) is 4. The summed E-state index contributed by atoms with van der Waals surface area (Å²) in [5, 5.41) is 22.4. The Morgan fingerprint density at radius 1 is 1.16 bits per heavy atom. The van der Waals surface area contributed by atoms with E-state index >= 15 is 0 Å². The summed E-state index contributed by atoms with van der Waals surface area (Å²) in [5.74, 6) is 1.10. The SMILES string of the molecule is C[C@@H](Sc1nnc(-c2ccccc2)n1Cc1ccco1)C(=O)Nc1cccc([N+](=O)[O-])c1. The Labute approximate surface area is 187 Å². The van der Waals surface area contributed by atoms with Gasteiger partial charge in [0.2, 0.25) is 5.91 Å². The Balaban J connectivity index is 1.55. The van der Waals surface area contributed by atoms with Gasteiger partial charge in [-0.2, -0.15) is 0 Å². The maximum absolute atomic E-state index is 12.7. The number of benzene rings is 2. The highest BCUT2D eigenvalue weighted by molar-refractivity contribution is 8.00. The van der Waals surface area contributed by atoms with Crippen molar-refractivity contribution in [2.24, 2.45) is 0 Å². The van der Waals surface area contributed by atoms with Gasteiger partial charge in [-0.25, -0.2) is 0 Å². The molecule has 0 unspecified atom stereocenters. The first-order valence-electron chi connectivity index (χ1n) is 9.74. The highest BCUT2D eigenvalue weighted by Gasteiger charge is 2.22. The standard InChI is InChI=1S/C22H19N5O4S/c1-15(21(28)23-17-9-5-10-18(13-17)27(29)30)32-22-25-24-20(16-7-3-2-4-8-16)26(22)14-19-11-6-12-31-19/h2-13,15H,14H2,1H3,(H,23,28)/t15-/m1/s1. The van der Waals surface area contributed by atoms with Crippen LogP contribution in [0.15, 0.2) is 82.6 Å². The second kappa shape index (κ2) is 9.48. The number of non-ortho nitro benzene ring substituents is 1. The van der Waals surface area contributed by atoms with Gasteiger partial charge in [0.05, 0.1) is 23.0 Å². The van der Waals surface area contributed by atoms with Crippen molar-refractivity contribution in [3.63, 3.8) is 0 Å². The number of nitro groups is 1. The molecule has 4 aromatic rings. The Bertz CT molecular complexity index is 1220. The van der Waals surface area contributed by atoms with Crippen molar-refractivity contribution in [1.82, 2.24) is 14.8 Å². The zero-order chi connectivity index (χ0) is 22.5. The molecule has 0 saturated heterocycles. The number of rotatable bonds is 8. The molecule has 2 heterocycles. The number of hydrogen-bond donors (Lipinski definition) is 1. The molecule has 32 heavy (non-hydrogen) atoms. The van der Waals surface area contributed by atoms with E-state index in [0.29, 0.717) is 23.2 Å². The quantitative estimate of drug-likeness (QED) is 0.237. The molecule has 0 aliphatic carbocycles. The average molecular weight is 449 g/mol. The van der Waals surface area contributed by atoms with Gasteiger partial charge in [0, 0.05) is 23.4 Å². The molecule has 1 N–H and O–H groups in total. The Morgan fingerprint density at radius 2 is 1.97 bits per heavy atom. The fourth-order valence-corrected chi connectivity index (χ4v) is 3.88. The van der Waals surface area contributed by atoms with E-state index in [0.717, 1.165) is 11.3 Å². The Kier molecular flexibility index (Phi) is 6.31. The van der Waals surface area contributed by atoms with Gasteiger partial charge in [-0.1, -0.05) is 48.2 Å². The van der Waals surface area contributed by atoms with E-state index in [9.17, 15) is 14.9 Å². The summed E-state index contributed by atoms with van der Waals surface area (Å²) in [6, 6.07) is 19.1. The first kappa shape index (κ1) is 21.3. The summed E-state index contributed by atoms with van der Waals surface area (Å²) < 4.78 is 7.39. The molecule has 0 bridgehead atoms. The maximum Gasteiger partial charge on any atom is 0.271 e. The molecule has 0 aliphatic heterocycles. The third-order valence-electron chi connectivity index (χ3n) is 4.62. The van der Waals surface area contributed by atoms with Gasteiger partial charge in [-0.15, -0.1) is 10.2 Å². The van der Waals surface area contributed by atoms with E-state index in [1.165, 1.54) is 30.0 Å². The number of hydrogen-bond acceptors (Lipinski definition) is 7. The van der Waals surface area contributed by atoms with Crippen LogP contribution in [0.3, 0.4) is 0 Å². The number of nitrogens with one attached hydrogen (secondary N) is 1. The van der Waals surface area contributed by atoms with Crippen molar-refractivity contribution in [1.29, 1.82) is 0 Å². The molecule has 2 aromatic heterocycles. The van der Waals surface area contributed by atoms with Crippen molar-refractivity contribution in [3.8, 4) is 11.4 Å². The number of carbonyl (C=O) groups is 1. The van der Waals surface area contributed by atoms with Gasteiger partial charge in [0.1, 0.15) is 5.76 Å². The molecule has 162 valence electrons. The molecule has 4 rings (SSSR count). The molecular formula is C22H19N5O4S. The van der Waals surface area contributed by atoms with Crippen LogP contribution in [0, 0.1) is 10.1 Å². The maximum atomic E-state index is 12.7. The number of furan rings is 1. The van der Waals surface area contributed by atoms with Crippen LogP contribution in [0.1, 0.15) is 12.7 Å². The lowest BCUT2D eigenvalue weighted by Gasteiger charge is -2.13. The average Bonchev–Trinajstić information content (AvgIpc) is 3.45. The predicted molar refractivity (Wildman–Crippen MR) is 120 cm³/mol. The Morgan fingerprint density at radius 3 is 2.69 bits per heavy atom. The number of nitro benzene ring substituents is 1. The highest BCUT2D eigenvalue weighted by atomic mass is 32.2. The molecule has 0 fully saturated rings. The Hall–Kier alpha value is -3.92. The van der Waals surface area contributed by atoms with Gasteiger partial charge in [-0.05, 0) is 25.1 Å². The van der Waals surface area contributed by atoms with Crippen LogP contribution in [0.2, 0.25) is 0 Å². The predicted octanol–water partition coefficient (Wildman–Crippen LogP) is 4.61. The molecule has 9 nitrogen and oxygen atoms in total. The number of anilines is 1. The van der Waals surface area contributed by atoms with Crippen molar-refractivity contribution in [2.45, 2.75) is 23.9 Å². The number of thioether (sulfide) groups is 1. The molecular weight excluding hydrogens is 430 g/mol. The lowest BCUT2D eigenvalue weighted by molar-refractivity contribution is -0.384. The normalized spacial score (nSPS) is 11.8. The third kappa shape index (κ3) is 4.86. The van der Waals surface area contributed by atoms with Gasteiger partial charge in [0.25, 0.3) is 5.69 Å². The van der Waals surface area contributed by atoms with Gasteiger partial charge in [0.15, 0.2) is 11.0 Å². The zero-order valence-electron chi connectivity index (χ0n) is 17.0. The smallest absolute Gasteiger partial charge is 0.271 e. The molecule has 0 saturated carbocycles. The topological polar surface area (TPSA) is 116 Å². The van der Waals surface area contributed by atoms with Crippen molar-refractivity contribution >= 4 is 29.0 Å². The summed E-state index contributed by atoms with van der Waals surface area (Å²) in [4.78, 5) is 23.2.